The number of hydrogen-bond acceptors (Lipinski definition) is 8. The number of nitrogens with zero attached hydrogens (tertiary/aromatic N) is 3. The molecule has 2 N–H and O–H groups in total. The molecule has 1 aromatic heterocycles. The lowest BCUT2D eigenvalue weighted by molar-refractivity contribution is -0.274. The van der Waals surface area contributed by atoms with Gasteiger partial charge in [-0.2, -0.15) is 4.98 Å². The van der Waals surface area contributed by atoms with Crippen LogP contribution in [-0.2, 0) is 33.8 Å². The Bertz CT molecular complexity index is 1580. The zero-order valence-electron chi connectivity index (χ0n) is 25.9. The highest BCUT2D eigenvalue weighted by atomic mass is 19.4. The van der Waals surface area contributed by atoms with Crippen molar-refractivity contribution < 1.29 is 36.8 Å². The summed E-state index contributed by atoms with van der Waals surface area (Å²) in [5.74, 6) is 0.514. The number of fused-ring (bicyclic) bond motifs is 1. The molecule has 2 aliphatic carbocycles. The van der Waals surface area contributed by atoms with Gasteiger partial charge in [0, 0.05) is 38.7 Å². The van der Waals surface area contributed by atoms with Crippen molar-refractivity contribution in [1.82, 2.24) is 25.7 Å². The van der Waals surface area contributed by atoms with Crippen molar-refractivity contribution in [2.75, 3.05) is 26.8 Å². The van der Waals surface area contributed by atoms with Crippen LogP contribution in [0.2, 0.25) is 0 Å². The number of nitrogens with one attached hydrogen (secondary N) is 2. The van der Waals surface area contributed by atoms with E-state index in [2.05, 4.69) is 30.4 Å². The van der Waals surface area contributed by atoms with Gasteiger partial charge in [-0.25, -0.2) is 0 Å². The predicted molar refractivity (Wildman–Crippen MR) is 160 cm³/mol. The molecule has 3 aliphatic rings. The molecular formula is C33H38F3N5O5. The van der Waals surface area contributed by atoms with Crippen molar-refractivity contribution in [3.05, 3.63) is 64.8 Å². The number of hydrogen-bond donors (Lipinski definition) is 2. The highest BCUT2D eigenvalue weighted by Gasteiger charge is 2.47. The molecule has 2 unspecified atom stereocenters. The number of benzene rings is 2. The number of carbonyl (C=O) groups excluding carboxylic acids is 2. The minimum absolute atomic E-state index is 0.0458. The van der Waals surface area contributed by atoms with Gasteiger partial charge in [-0.3, -0.25) is 14.5 Å². The van der Waals surface area contributed by atoms with Crippen molar-refractivity contribution in [1.29, 1.82) is 0 Å². The second-order valence-corrected chi connectivity index (χ2v) is 12.4. The molecule has 13 heteroatoms. The molecule has 3 aromatic rings. The monoisotopic (exact) mass is 641 g/mol. The van der Waals surface area contributed by atoms with Gasteiger partial charge in [-0.1, -0.05) is 35.8 Å². The van der Waals surface area contributed by atoms with E-state index in [1.54, 1.807) is 20.1 Å². The SMILES string of the molecule is COC[C@H]1CCC[C@@H]1NC(=O)CN1CCc2c(-c3cccc(OC(F)(F)F)c3)ccc(CNC(=O)C3CC3c3nc(C)no3)c2C1. The quantitative estimate of drug-likeness (QED) is 0.311. The van der Waals surface area contributed by atoms with Gasteiger partial charge >= 0.3 is 6.36 Å². The van der Waals surface area contributed by atoms with Crippen LogP contribution in [0.15, 0.2) is 40.9 Å². The van der Waals surface area contributed by atoms with E-state index in [9.17, 15) is 22.8 Å². The lowest BCUT2D eigenvalue weighted by Crippen LogP contribution is -2.45. The lowest BCUT2D eigenvalue weighted by atomic mass is 9.87. The molecule has 2 heterocycles. The first kappa shape index (κ1) is 32.0. The summed E-state index contributed by atoms with van der Waals surface area (Å²) in [6, 6.07) is 9.82. The van der Waals surface area contributed by atoms with E-state index in [1.807, 2.05) is 12.1 Å². The second-order valence-electron chi connectivity index (χ2n) is 12.4. The van der Waals surface area contributed by atoms with Crippen molar-refractivity contribution in [2.24, 2.45) is 11.8 Å². The van der Waals surface area contributed by atoms with Gasteiger partial charge in [-0.15, -0.1) is 13.2 Å². The Morgan fingerprint density at radius 1 is 1.15 bits per heavy atom. The molecule has 4 atom stereocenters. The molecular weight excluding hydrogens is 603 g/mol. The Morgan fingerprint density at radius 2 is 2.00 bits per heavy atom. The van der Waals surface area contributed by atoms with Crippen molar-refractivity contribution in [2.45, 2.75) is 70.4 Å². The van der Waals surface area contributed by atoms with Gasteiger partial charge in [0.05, 0.1) is 25.0 Å². The summed E-state index contributed by atoms with van der Waals surface area (Å²) in [7, 11) is 1.67. The first-order valence-corrected chi connectivity index (χ1v) is 15.7. The van der Waals surface area contributed by atoms with Crippen molar-refractivity contribution >= 4 is 11.8 Å². The lowest BCUT2D eigenvalue weighted by Gasteiger charge is -2.32. The molecule has 10 nitrogen and oxygen atoms in total. The maximum absolute atomic E-state index is 13.1. The third-order valence-corrected chi connectivity index (χ3v) is 9.16. The van der Waals surface area contributed by atoms with Crippen LogP contribution < -0.4 is 15.4 Å². The van der Waals surface area contributed by atoms with Crippen LogP contribution in [0.25, 0.3) is 11.1 Å². The maximum Gasteiger partial charge on any atom is 0.573 e. The fourth-order valence-electron chi connectivity index (χ4n) is 6.86. The largest absolute Gasteiger partial charge is 0.573 e. The van der Waals surface area contributed by atoms with E-state index in [0.29, 0.717) is 55.7 Å². The highest BCUT2D eigenvalue weighted by Crippen LogP contribution is 2.47. The van der Waals surface area contributed by atoms with Gasteiger partial charge < -0.3 is 24.6 Å². The summed E-state index contributed by atoms with van der Waals surface area (Å²) in [6.07, 6.45) is -0.567. The average molecular weight is 642 g/mol. The van der Waals surface area contributed by atoms with Crippen LogP contribution in [0, 0.1) is 18.8 Å². The molecule has 2 fully saturated rings. The van der Waals surface area contributed by atoms with Crippen LogP contribution in [0.1, 0.15) is 60.0 Å². The number of carbonyl (C=O) groups is 2. The fourth-order valence-corrected chi connectivity index (χ4v) is 6.86. The summed E-state index contributed by atoms with van der Waals surface area (Å²) in [4.78, 5) is 32.5. The van der Waals surface area contributed by atoms with E-state index in [4.69, 9.17) is 9.26 Å². The molecule has 6 rings (SSSR count). The number of alkyl halides is 3. The summed E-state index contributed by atoms with van der Waals surface area (Å²) in [5.41, 5.74) is 4.22. The molecule has 2 aromatic carbocycles. The highest BCUT2D eigenvalue weighted by molar-refractivity contribution is 5.82. The Balaban J connectivity index is 1.20. The average Bonchev–Trinajstić information content (AvgIpc) is 3.51. The molecule has 0 spiro atoms. The minimum Gasteiger partial charge on any atom is -0.406 e. The van der Waals surface area contributed by atoms with Gasteiger partial charge in [0.15, 0.2) is 5.82 Å². The first-order chi connectivity index (χ1) is 22.1. The van der Waals surface area contributed by atoms with Crippen LogP contribution in [0.3, 0.4) is 0 Å². The van der Waals surface area contributed by atoms with E-state index in [1.165, 1.54) is 18.2 Å². The van der Waals surface area contributed by atoms with Gasteiger partial charge in [0.1, 0.15) is 5.75 Å². The number of aryl methyl sites for hydroxylation is 1. The number of methoxy groups -OCH3 is 1. The number of rotatable bonds is 11. The summed E-state index contributed by atoms with van der Waals surface area (Å²) < 4.78 is 53.6. The zero-order chi connectivity index (χ0) is 32.4. The van der Waals surface area contributed by atoms with E-state index in [-0.39, 0.29) is 48.5 Å². The minimum atomic E-state index is -4.80. The van der Waals surface area contributed by atoms with Crippen LogP contribution in [0.4, 0.5) is 13.2 Å². The molecule has 2 saturated carbocycles. The Hall–Kier alpha value is -3.97. The molecule has 2 amide bonds. The maximum atomic E-state index is 13.1. The topological polar surface area (TPSA) is 119 Å². The predicted octanol–water partition coefficient (Wildman–Crippen LogP) is 4.65. The Labute approximate surface area is 265 Å². The zero-order valence-corrected chi connectivity index (χ0v) is 25.9. The molecule has 246 valence electrons. The summed E-state index contributed by atoms with van der Waals surface area (Å²) in [6.45, 7) is 3.89. The van der Waals surface area contributed by atoms with E-state index >= 15 is 0 Å². The standard InChI is InChI=1S/C33H38F3N5O5/c1-19-38-32(46-40-19)27-14-26(27)31(43)37-15-21-9-10-24(20-5-3-7-23(13-20)45-33(34,35)36)25-11-12-41(16-28(21)25)17-30(42)39-29-8-4-6-22(29)18-44-2/h3,5,7,9-10,13,22,26-27,29H,4,6,8,11-12,14-18H2,1-2H3,(H,37,43)(H,39,42)/t22-,26?,27?,29+/m1/s1. The molecule has 46 heavy (non-hydrogen) atoms. The third-order valence-electron chi connectivity index (χ3n) is 9.16. The fraction of sp³-hybridized carbons (Fsp3) is 0.515. The van der Waals surface area contributed by atoms with Gasteiger partial charge in [0.2, 0.25) is 17.7 Å². The summed E-state index contributed by atoms with van der Waals surface area (Å²) in [5, 5.41) is 10.1. The van der Waals surface area contributed by atoms with E-state index in [0.717, 1.165) is 41.5 Å². The molecule has 0 radical (unpaired) electrons. The Kier molecular flexibility index (Phi) is 9.32. The van der Waals surface area contributed by atoms with Crippen LogP contribution in [-0.4, -0.2) is 66.1 Å². The molecule has 0 bridgehead atoms. The summed E-state index contributed by atoms with van der Waals surface area (Å²) >= 11 is 0. The Morgan fingerprint density at radius 3 is 2.76 bits per heavy atom. The molecule has 1 aliphatic heterocycles. The first-order valence-electron chi connectivity index (χ1n) is 15.7. The third kappa shape index (κ3) is 7.52. The number of ether oxygens (including phenoxy) is 2. The van der Waals surface area contributed by atoms with Crippen molar-refractivity contribution in [3.63, 3.8) is 0 Å². The second kappa shape index (κ2) is 13.4. The van der Waals surface area contributed by atoms with Crippen molar-refractivity contribution in [3.8, 4) is 16.9 Å². The van der Waals surface area contributed by atoms with Crippen LogP contribution in [0.5, 0.6) is 5.75 Å². The van der Waals surface area contributed by atoms with Gasteiger partial charge in [0.25, 0.3) is 0 Å². The smallest absolute Gasteiger partial charge is 0.406 e. The van der Waals surface area contributed by atoms with Gasteiger partial charge in [-0.05, 0) is 72.6 Å². The normalized spacial score (nSPS) is 22.7. The van der Waals surface area contributed by atoms with Crippen LogP contribution >= 0.6 is 0 Å². The molecule has 0 saturated heterocycles. The number of halogens is 3. The number of amides is 2. The van der Waals surface area contributed by atoms with E-state index < -0.39 is 6.36 Å². The number of aromatic nitrogens is 2.